The molecule has 1 rings (SSSR count). The number of hydrogen-bond acceptors (Lipinski definition) is 5. The van der Waals surface area contributed by atoms with E-state index in [-0.39, 0.29) is 19.0 Å². The average Bonchev–Trinajstić information content (AvgIpc) is 2.24. The van der Waals surface area contributed by atoms with Crippen LogP contribution in [0.25, 0.3) is 0 Å². The van der Waals surface area contributed by atoms with E-state index < -0.39 is 29.1 Å². The first-order valence-electron chi connectivity index (χ1n) is 4.44. The first kappa shape index (κ1) is 13.7. The number of ether oxygens (including phenoxy) is 1. The summed E-state index contributed by atoms with van der Waals surface area (Å²) in [6.45, 7) is -0.456. The number of aliphatic hydroxyl groups is 1. The zero-order valence-corrected chi connectivity index (χ0v) is 10.4. The van der Waals surface area contributed by atoms with Gasteiger partial charge in [0.1, 0.15) is 0 Å². The van der Waals surface area contributed by atoms with Crippen LogP contribution in [0.15, 0.2) is 18.2 Å². The predicted octanol–water partition coefficient (Wildman–Crippen LogP) is -1.47. The predicted molar refractivity (Wildman–Crippen MR) is 56.2 cm³/mol. The number of aliphatic hydroxyl groups excluding tert-OH is 1. The summed E-state index contributed by atoms with van der Waals surface area (Å²) in [4.78, 5) is 9.88. The molecule has 0 saturated heterocycles. The van der Waals surface area contributed by atoms with E-state index in [2.05, 4.69) is 0 Å². The van der Waals surface area contributed by atoms with Crippen LogP contribution >= 0.6 is 0 Å². The van der Waals surface area contributed by atoms with Crippen molar-refractivity contribution in [3.63, 3.8) is 0 Å². The van der Waals surface area contributed by atoms with Crippen molar-refractivity contribution in [2.75, 3.05) is 13.2 Å². The summed E-state index contributed by atoms with van der Waals surface area (Å²) >= 11 is -5.16. The summed E-state index contributed by atoms with van der Waals surface area (Å²) < 4.78 is 33.3. The average molecular weight is 307 g/mol. The van der Waals surface area contributed by atoms with Crippen molar-refractivity contribution in [1.82, 2.24) is 0 Å². The molecular weight excluding hydrogens is 297 g/mol. The van der Waals surface area contributed by atoms with E-state index in [1.165, 1.54) is 0 Å². The Bertz CT molecular complexity index is 469. The second kappa shape index (κ2) is 5.33. The molecule has 0 radical (unpaired) electrons. The SMILES string of the molecule is O=[N+]([O-])c1cc([As](=O)(O)O)ccc1OCCO. The Labute approximate surface area is 98.6 Å². The van der Waals surface area contributed by atoms with Gasteiger partial charge >= 0.3 is 98.2 Å². The zero-order valence-electron chi connectivity index (χ0n) is 8.52. The molecule has 0 atom stereocenters. The van der Waals surface area contributed by atoms with Gasteiger partial charge in [-0.1, -0.05) is 0 Å². The van der Waals surface area contributed by atoms with Crippen molar-refractivity contribution in [3.05, 3.63) is 28.3 Å². The second-order valence-corrected chi connectivity index (χ2v) is 6.39. The third-order valence-electron chi connectivity index (χ3n) is 1.82. The molecule has 0 fully saturated rings. The van der Waals surface area contributed by atoms with Crippen LogP contribution in [0.1, 0.15) is 0 Å². The molecule has 0 unspecified atom stereocenters. The molecule has 0 aliphatic heterocycles. The van der Waals surface area contributed by atoms with E-state index in [1.54, 1.807) is 0 Å². The molecule has 94 valence electrons. The first-order valence-corrected chi connectivity index (χ1v) is 7.82. The maximum absolute atomic E-state index is 11.0. The van der Waals surface area contributed by atoms with Crippen LogP contribution in [-0.2, 0) is 3.74 Å². The molecule has 1 aromatic rings. The number of rotatable bonds is 5. The molecule has 3 N–H and O–H groups in total. The van der Waals surface area contributed by atoms with E-state index in [9.17, 15) is 13.9 Å². The van der Waals surface area contributed by atoms with Crippen molar-refractivity contribution in [2.24, 2.45) is 0 Å². The standard InChI is InChI=1S/C8H10AsNO7/c11-3-4-17-8-2-1-6(9(12,13)14)5-7(8)10(15)16/h1-2,5,11H,3-4H2,(H2,12,13,14). The number of hydrogen-bond donors (Lipinski definition) is 3. The second-order valence-electron chi connectivity index (χ2n) is 3.03. The molecular formula is C8H10AsNO7. The normalized spacial score (nSPS) is 11.2. The zero-order chi connectivity index (χ0) is 13.1. The van der Waals surface area contributed by atoms with Crippen molar-refractivity contribution < 1.29 is 26.7 Å². The summed E-state index contributed by atoms with van der Waals surface area (Å²) in [6.07, 6.45) is 0. The first-order chi connectivity index (χ1) is 7.86. The van der Waals surface area contributed by atoms with Gasteiger partial charge in [-0.15, -0.1) is 0 Å². The maximum atomic E-state index is 11.0. The van der Waals surface area contributed by atoms with Gasteiger partial charge in [-0.2, -0.15) is 0 Å². The Morgan fingerprint density at radius 2 is 2.06 bits per heavy atom. The number of nitrogens with zero attached hydrogens (tertiary/aromatic N) is 1. The van der Waals surface area contributed by atoms with Crippen LogP contribution in [0.5, 0.6) is 5.75 Å². The molecule has 0 bridgehead atoms. The molecule has 0 heterocycles. The van der Waals surface area contributed by atoms with E-state index in [4.69, 9.17) is 18.0 Å². The van der Waals surface area contributed by atoms with E-state index in [0.29, 0.717) is 0 Å². The third-order valence-corrected chi connectivity index (χ3v) is 3.82. The fraction of sp³-hybridized carbons (Fsp3) is 0.250. The van der Waals surface area contributed by atoms with Crippen LogP contribution in [0.3, 0.4) is 0 Å². The van der Waals surface area contributed by atoms with Gasteiger partial charge in [0.05, 0.1) is 0 Å². The van der Waals surface area contributed by atoms with E-state index >= 15 is 0 Å². The van der Waals surface area contributed by atoms with Gasteiger partial charge in [0.25, 0.3) is 0 Å². The minimum absolute atomic E-state index is 0.138. The Morgan fingerprint density at radius 1 is 1.41 bits per heavy atom. The quantitative estimate of drug-likeness (QED) is 0.344. The summed E-state index contributed by atoms with van der Waals surface area (Å²) in [5.74, 6) is -0.142. The van der Waals surface area contributed by atoms with Crippen molar-refractivity contribution in [3.8, 4) is 5.75 Å². The molecule has 0 aliphatic rings. The molecule has 9 heteroatoms. The van der Waals surface area contributed by atoms with Crippen molar-refractivity contribution >= 4 is 24.2 Å². The minimum atomic E-state index is -5.16. The van der Waals surface area contributed by atoms with E-state index in [1.807, 2.05) is 0 Å². The molecule has 0 spiro atoms. The molecule has 1 aromatic carbocycles. The molecule has 17 heavy (non-hydrogen) atoms. The molecule has 8 nitrogen and oxygen atoms in total. The van der Waals surface area contributed by atoms with Gasteiger partial charge in [0.2, 0.25) is 0 Å². The Hall–Kier alpha value is -1.34. The number of nitro benzene ring substituents is 1. The molecule has 0 saturated carbocycles. The molecule has 0 aliphatic carbocycles. The summed E-state index contributed by atoms with van der Waals surface area (Å²) in [6, 6.07) is 2.95. The van der Waals surface area contributed by atoms with Gasteiger partial charge in [-0.3, -0.25) is 0 Å². The van der Waals surface area contributed by atoms with Gasteiger partial charge < -0.3 is 0 Å². The van der Waals surface area contributed by atoms with Crippen LogP contribution < -0.4 is 9.09 Å². The van der Waals surface area contributed by atoms with Crippen LogP contribution in [-0.4, -0.2) is 45.6 Å². The molecule has 0 aromatic heterocycles. The third kappa shape index (κ3) is 3.57. The van der Waals surface area contributed by atoms with Gasteiger partial charge in [-0.25, -0.2) is 0 Å². The Kier molecular flexibility index (Phi) is 4.30. The van der Waals surface area contributed by atoms with Crippen LogP contribution in [0.4, 0.5) is 5.69 Å². The number of benzene rings is 1. The van der Waals surface area contributed by atoms with Crippen LogP contribution in [0, 0.1) is 10.1 Å². The summed E-state index contributed by atoms with van der Waals surface area (Å²) in [7, 11) is 0. The van der Waals surface area contributed by atoms with Gasteiger partial charge in [0.15, 0.2) is 0 Å². The Morgan fingerprint density at radius 3 is 2.53 bits per heavy atom. The van der Waals surface area contributed by atoms with Crippen molar-refractivity contribution in [1.29, 1.82) is 0 Å². The van der Waals surface area contributed by atoms with Gasteiger partial charge in [0, 0.05) is 0 Å². The Balaban J connectivity index is 3.18. The topological polar surface area (TPSA) is 130 Å². The molecule has 0 amide bonds. The van der Waals surface area contributed by atoms with E-state index in [0.717, 1.165) is 18.2 Å². The fourth-order valence-corrected chi connectivity index (χ4v) is 2.28. The van der Waals surface area contributed by atoms with Crippen molar-refractivity contribution in [2.45, 2.75) is 0 Å². The fourth-order valence-electron chi connectivity index (χ4n) is 1.11. The summed E-state index contributed by atoms with van der Waals surface area (Å²) in [5.41, 5.74) is -0.541. The number of nitro groups is 1. The monoisotopic (exact) mass is 307 g/mol. The van der Waals surface area contributed by atoms with Gasteiger partial charge in [-0.05, 0) is 0 Å². The van der Waals surface area contributed by atoms with Crippen LogP contribution in [0.2, 0.25) is 0 Å². The summed E-state index contributed by atoms with van der Waals surface area (Å²) in [5, 5.41) is 19.2.